The number of aromatic nitrogens is 1. The third kappa shape index (κ3) is 2.87. The topological polar surface area (TPSA) is 65.6 Å². The fraction of sp³-hybridized carbons (Fsp3) is 0.471. The molecule has 1 aromatic carbocycles. The molecule has 2 N–H and O–H groups in total. The predicted octanol–water partition coefficient (Wildman–Crippen LogP) is 1.63. The van der Waals surface area contributed by atoms with Gasteiger partial charge in [0, 0.05) is 23.6 Å². The SMILES string of the molecule is Cc1ccc2c(CC(=O)N3CC(CO)OCC3C)c[nH]c2c1. The zero-order valence-electron chi connectivity index (χ0n) is 13.0. The number of amides is 1. The fourth-order valence-electron chi connectivity index (χ4n) is 2.99. The van der Waals surface area contributed by atoms with Gasteiger partial charge in [-0.1, -0.05) is 12.1 Å². The van der Waals surface area contributed by atoms with Crippen molar-refractivity contribution < 1.29 is 14.6 Å². The molecule has 0 bridgehead atoms. The van der Waals surface area contributed by atoms with Crippen molar-refractivity contribution in [1.82, 2.24) is 9.88 Å². The smallest absolute Gasteiger partial charge is 0.227 e. The highest BCUT2D eigenvalue weighted by Gasteiger charge is 2.29. The summed E-state index contributed by atoms with van der Waals surface area (Å²) >= 11 is 0. The van der Waals surface area contributed by atoms with Crippen molar-refractivity contribution in [2.75, 3.05) is 19.8 Å². The van der Waals surface area contributed by atoms with E-state index in [1.807, 2.05) is 18.0 Å². The molecule has 1 saturated heterocycles. The van der Waals surface area contributed by atoms with Gasteiger partial charge in [0.15, 0.2) is 0 Å². The molecule has 2 heterocycles. The molecule has 2 atom stereocenters. The van der Waals surface area contributed by atoms with Crippen LogP contribution in [0.2, 0.25) is 0 Å². The molecule has 5 heteroatoms. The summed E-state index contributed by atoms with van der Waals surface area (Å²) in [7, 11) is 0. The number of nitrogens with one attached hydrogen (secondary N) is 1. The maximum Gasteiger partial charge on any atom is 0.227 e. The molecule has 118 valence electrons. The van der Waals surface area contributed by atoms with Crippen molar-refractivity contribution in [2.24, 2.45) is 0 Å². The van der Waals surface area contributed by atoms with Crippen molar-refractivity contribution in [1.29, 1.82) is 0 Å². The van der Waals surface area contributed by atoms with Crippen LogP contribution >= 0.6 is 0 Å². The second-order valence-corrected chi connectivity index (χ2v) is 6.07. The molecule has 22 heavy (non-hydrogen) atoms. The Labute approximate surface area is 129 Å². The summed E-state index contributed by atoms with van der Waals surface area (Å²) in [6.45, 7) is 4.91. The van der Waals surface area contributed by atoms with Gasteiger partial charge in [-0.05, 0) is 31.0 Å². The highest BCUT2D eigenvalue weighted by Crippen LogP contribution is 2.21. The summed E-state index contributed by atoms with van der Waals surface area (Å²) < 4.78 is 5.49. The van der Waals surface area contributed by atoms with Gasteiger partial charge in [-0.2, -0.15) is 0 Å². The van der Waals surface area contributed by atoms with E-state index in [1.165, 1.54) is 5.56 Å². The highest BCUT2D eigenvalue weighted by molar-refractivity contribution is 5.89. The molecule has 1 fully saturated rings. The second-order valence-electron chi connectivity index (χ2n) is 6.07. The Morgan fingerprint density at radius 3 is 3.09 bits per heavy atom. The third-order valence-electron chi connectivity index (χ3n) is 4.29. The van der Waals surface area contributed by atoms with Crippen LogP contribution in [0.3, 0.4) is 0 Å². The molecule has 5 nitrogen and oxygen atoms in total. The number of ether oxygens (including phenoxy) is 1. The molecular weight excluding hydrogens is 280 g/mol. The molecule has 3 rings (SSSR count). The first kappa shape index (κ1) is 15.1. The summed E-state index contributed by atoms with van der Waals surface area (Å²) in [4.78, 5) is 17.7. The van der Waals surface area contributed by atoms with Crippen LogP contribution in [-0.4, -0.2) is 52.8 Å². The fourth-order valence-corrected chi connectivity index (χ4v) is 2.99. The van der Waals surface area contributed by atoms with Crippen molar-refractivity contribution in [3.8, 4) is 0 Å². The lowest BCUT2D eigenvalue weighted by molar-refractivity contribution is -0.145. The Morgan fingerprint density at radius 2 is 2.32 bits per heavy atom. The number of morpholine rings is 1. The molecular formula is C17H22N2O3. The number of hydrogen-bond donors (Lipinski definition) is 2. The largest absolute Gasteiger partial charge is 0.394 e. The molecule has 2 unspecified atom stereocenters. The number of aromatic amines is 1. The molecule has 2 aromatic rings. The van der Waals surface area contributed by atoms with Gasteiger partial charge < -0.3 is 19.7 Å². The average Bonchev–Trinajstić information content (AvgIpc) is 2.89. The van der Waals surface area contributed by atoms with Crippen LogP contribution in [0.1, 0.15) is 18.1 Å². The van der Waals surface area contributed by atoms with Crippen LogP contribution in [0.25, 0.3) is 10.9 Å². The number of nitrogens with zero attached hydrogens (tertiary/aromatic N) is 1. The maximum atomic E-state index is 12.6. The lowest BCUT2D eigenvalue weighted by atomic mass is 10.1. The van der Waals surface area contributed by atoms with Crippen LogP contribution in [0.4, 0.5) is 0 Å². The normalized spacial score (nSPS) is 22.2. The lowest BCUT2D eigenvalue weighted by Crippen LogP contribution is -2.52. The van der Waals surface area contributed by atoms with Crippen LogP contribution in [0.5, 0.6) is 0 Å². The molecule has 1 aromatic heterocycles. The average molecular weight is 302 g/mol. The highest BCUT2D eigenvalue weighted by atomic mass is 16.5. The molecule has 0 aliphatic carbocycles. The number of carbonyl (C=O) groups excluding carboxylic acids is 1. The van der Waals surface area contributed by atoms with Crippen molar-refractivity contribution in [3.05, 3.63) is 35.5 Å². The molecule has 0 saturated carbocycles. The number of aryl methyl sites for hydroxylation is 1. The van der Waals surface area contributed by atoms with Crippen LogP contribution in [0, 0.1) is 6.92 Å². The number of benzene rings is 1. The number of hydrogen-bond acceptors (Lipinski definition) is 3. The monoisotopic (exact) mass is 302 g/mol. The van der Waals surface area contributed by atoms with Gasteiger partial charge in [-0.25, -0.2) is 0 Å². The molecule has 1 aliphatic heterocycles. The van der Waals surface area contributed by atoms with E-state index in [9.17, 15) is 9.90 Å². The zero-order valence-corrected chi connectivity index (χ0v) is 13.0. The van der Waals surface area contributed by atoms with Crippen LogP contribution in [-0.2, 0) is 16.0 Å². The maximum absolute atomic E-state index is 12.6. The van der Waals surface area contributed by atoms with Crippen molar-refractivity contribution in [3.63, 3.8) is 0 Å². The van der Waals surface area contributed by atoms with E-state index in [1.54, 1.807) is 0 Å². The number of fused-ring (bicyclic) bond motifs is 1. The summed E-state index contributed by atoms with van der Waals surface area (Å²) in [6, 6.07) is 6.25. The predicted molar refractivity (Wildman–Crippen MR) is 84.7 cm³/mol. The Balaban J connectivity index is 1.77. The Morgan fingerprint density at radius 1 is 1.50 bits per heavy atom. The Bertz CT molecular complexity index is 680. The number of carbonyl (C=O) groups is 1. The van der Waals surface area contributed by atoms with E-state index < -0.39 is 0 Å². The van der Waals surface area contributed by atoms with Gasteiger partial charge in [0.2, 0.25) is 5.91 Å². The first-order valence-corrected chi connectivity index (χ1v) is 7.67. The standard InChI is InChI=1S/C17H22N2O3/c1-11-3-4-15-13(7-18-16(15)5-11)6-17(21)19-8-14(9-20)22-10-12(19)2/h3-5,7,12,14,18,20H,6,8-10H2,1-2H3. The third-order valence-corrected chi connectivity index (χ3v) is 4.29. The van der Waals surface area contributed by atoms with Gasteiger partial charge in [-0.15, -0.1) is 0 Å². The van der Waals surface area contributed by atoms with E-state index >= 15 is 0 Å². The van der Waals surface area contributed by atoms with Crippen LogP contribution < -0.4 is 0 Å². The number of H-pyrrole nitrogens is 1. The van der Waals surface area contributed by atoms with Gasteiger partial charge in [-0.3, -0.25) is 4.79 Å². The Hall–Kier alpha value is -1.85. The molecule has 1 aliphatic rings. The first-order valence-electron chi connectivity index (χ1n) is 7.67. The van der Waals surface area contributed by atoms with Gasteiger partial charge in [0.05, 0.1) is 31.8 Å². The minimum Gasteiger partial charge on any atom is -0.394 e. The van der Waals surface area contributed by atoms with E-state index in [0.29, 0.717) is 19.6 Å². The van der Waals surface area contributed by atoms with Crippen molar-refractivity contribution >= 4 is 16.8 Å². The van der Waals surface area contributed by atoms with Crippen molar-refractivity contribution in [2.45, 2.75) is 32.4 Å². The first-order chi connectivity index (χ1) is 10.6. The number of aliphatic hydroxyl groups excluding tert-OH is 1. The molecule has 1 amide bonds. The van der Waals surface area contributed by atoms with E-state index in [4.69, 9.17) is 4.74 Å². The minimum absolute atomic E-state index is 0.0442. The van der Waals surface area contributed by atoms with E-state index in [-0.39, 0.29) is 24.7 Å². The zero-order chi connectivity index (χ0) is 15.7. The second kappa shape index (κ2) is 6.10. The number of aliphatic hydroxyl groups is 1. The Kier molecular flexibility index (Phi) is 4.18. The lowest BCUT2D eigenvalue weighted by Gasteiger charge is -2.37. The van der Waals surface area contributed by atoms with Gasteiger partial charge in [0.1, 0.15) is 0 Å². The van der Waals surface area contributed by atoms with E-state index in [0.717, 1.165) is 16.5 Å². The quantitative estimate of drug-likeness (QED) is 0.905. The van der Waals surface area contributed by atoms with Crippen LogP contribution in [0.15, 0.2) is 24.4 Å². The van der Waals surface area contributed by atoms with E-state index in [2.05, 4.69) is 30.1 Å². The van der Waals surface area contributed by atoms with Gasteiger partial charge in [0.25, 0.3) is 0 Å². The number of rotatable bonds is 3. The summed E-state index contributed by atoms with van der Waals surface area (Å²) in [5, 5.41) is 10.3. The van der Waals surface area contributed by atoms with Gasteiger partial charge >= 0.3 is 0 Å². The summed E-state index contributed by atoms with van der Waals surface area (Å²) in [6.07, 6.45) is 2.01. The minimum atomic E-state index is -0.272. The molecule has 0 radical (unpaired) electrons. The summed E-state index contributed by atoms with van der Waals surface area (Å²) in [5.41, 5.74) is 3.27. The molecule has 0 spiro atoms. The summed E-state index contributed by atoms with van der Waals surface area (Å²) in [5.74, 6) is 0.0794.